The number of oxazole rings is 1. The summed E-state index contributed by atoms with van der Waals surface area (Å²) >= 11 is 0. The van der Waals surface area contributed by atoms with E-state index in [1.54, 1.807) is 9.47 Å². The summed E-state index contributed by atoms with van der Waals surface area (Å²) < 4.78 is 33.7. The van der Waals surface area contributed by atoms with Gasteiger partial charge in [0, 0.05) is 30.8 Å². The second-order valence-electron chi connectivity index (χ2n) is 6.89. The lowest BCUT2D eigenvalue weighted by molar-refractivity contribution is 0.0692. The normalized spacial score (nSPS) is 15.4. The minimum absolute atomic E-state index is 0.00708. The van der Waals surface area contributed by atoms with Crippen LogP contribution >= 0.6 is 0 Å². The fraction of sp³-hybridized carbons (Fsp3) is 0.300. The van der Waals surface area contributed by atoms with E-state index in [1.165, 1.54) is 0 Å². The molecule has 1 aromatic heterocycles. The Hall–Kier alpha value is -2.96. The Bertz CT molecular complexity index is 1060. The standard InChI is InChI=1S/C20H18F2N2O3/c1-12-2-3-17-18(8-12)27-20(26)24(17)16-4-6-23(7-5-16)19(25)13-9-14(21)11-15(22)10-13/h2-3,8-11,16H,4-7H2,1H3. The molecule has 7 heteroatoms. The molecule has 0 bridgehead atoms. The molecule has 0 atom stereocenters. The number of fused-ring (bicyclic) bond motifs is 1. The summed E-state index contributed by atoms with van der Waals surface area (Å²) in [6, 6.07) is 8.33. The molecule has 2 heterocycles. The molecule has 140 valence electrons. The number of carbonyl (C=O) groups is 1. The number of rotatable bonds is 2. The first-order chi connectivity index (χ1) is 12.9. The van der Waals surface area contributed by atoms with Crippen molar-refractivity contribution in [3.8, 4) is 0 Å². The molecule has 2 aromatic carbocycles. The van der Waals surface area contributed by atoms with Gasteiger partial charge in [-0.1, -0.05) is 6.07 Å². The highest BCUT2D eigenvalue weighted by atomic mass is 19.1. The van der Waals surface area contributed by atoms with Crippen molar-refractivity contribution in [3.63, 3.8) is 0 Å². The van der Waals surface area contributed by atoms with Crippen molar-refractivity contribution >= 4 is 17.0 Å². The van der Waals surface area contributed by atoms with Crippen LogP contribution in [0.5, 0.6) is 0 Å². The molecule has 1 fully saturated rings. The number of benzene rings is 2. The van der Waals surface area contributed by atoms with Crippen LogP contribution in [0.15, 0.2) is 45.6 Å². The molecule has 1 aliphatic heterocycles. The number of piperidine rings is 1. The Morgan fingerprint density at radius 1 is 1.07 bits per heavy atom. The molecular formula is C20H18F2N2O3. The van der Waals surface area contributed by atoms with E-state index in [-0.39, 0.29) is 11.6 Å². The van der Waals surface area contributed by atoms with Crippen molar-refractivity contribution in [2.75, 3.05) is 13.1 Å². The number of nitrogens with zero attached hydrogens (tertiary/aromatic N) is 2. The van der Waals surface area contributed by atoms with Crippen LogP contribution in [0.3, 0.4) is 0 Å². The number of hydrogen-bond acceptors (Lipinski definition) is 3. The number of aryl methyl sites for hydroxylation is 1. The SMILES string of the molecule is Cc1ccc2c(c1)oc(=O)n2C1CCN(C(=O)c2cc(F)cc(F)c2)CC1. The van der Waals surface area contributed by atoms with Crippen LogP contribution in [-0.2, 0) is 0 Å². The molecule has 0 saturated carbocycles. The third-order valence-electron chi connectivity index (χ3n) is 5.00. The predicted molar refractivity (Wildman–Crippen MR) is 95.7 cm³/mol. The first kappa shape index (κ1) is 17.5. The lowest BCUT2D eigenvalue weighted by Gasteiger charge is -2.32. The minimum atomic E-state index is -0.778. The average molecular weight is 372 g/mol. The van der Waals surface area contributed by atoms with Gasteiger partial charge in [0.05, 0.1) is 5.52 Å². The number of carbonyl (C=O) groups excluding carboxylic acids is 1. The van der Waals surface area contributed by atoms with E-state index in [1.807, 2.05) is 25.1 Å². The lowest BCUT2D eigenvalue weighted by atomic mass is 10.0. The van der Waals surface area contributed by atoms with Crippen molar-refractivity contribution in [1.29, 1.82) is 0 Å². The van der Waals surface area contributed by atoms with Crippen molar-refractivity contribution in [1.82, 2.24) is 9.47 Å². The Kier molecular flexibility index (Phi) is 4.30. The Labute approximate surface area is 153 Å². The van der Waals surface area contributed by atoms with Gasteiger partial charge in [0.15, 0.2) is 5.58 Å². The van der Waals surface area contributed by atoms with E-state index in [0.29, 0.717) is 31.5 Å². The molecule has 0 radical (unpaired) electrons. The molecule has 1 amide bonds. The van der Waals surface area contributed by atoms with Crippen LogP contribution < -0.4 is 5.76 Å². The molecule has 4 rings (SSSR count). The van der Waals surface area contributed by atoms with Crippen LogP contribution in [0.2, 0.25) is 0 Å². The van der Waals surface area contributed by atoms with Crippen LogP contribution in [-0.4, -0.2) is 28.5 Å². The fourth-order valence-corrected chi connectivity index (χ4v) is 3.68. The minimum Gasteiger partial charge on any atom is -0.408 e. The van der Waals surface area contributed by atoms with E-state index in [9.17, 15) is 18.4 Å². The van der Waals surface area contributed by atoms with Gasteiger partial charge >= 0.3 is 5.76 Å². The van der Waals surface area contributed by atoms with E-state index in [0.717, 1.165) is 29.3 Å². The second kappa shape index (κ2) is 6.64. The third-order valence-corrected chi connectivity index (χ3v) is 5.00. The van der Waals surface area contributed by atoms with Gasteiger partial charge in [0.2, 0.25) is 0 Å². The van der Waals surface area contributed by atoms with Crippen molar-refractivity contribution in [2.24, 2.45) is 0 Å². The highest BCUT2D eigenvalue weighted by molar-refractivity contribution is 5.94. The summed E-state index contributed by atoms with van der Waals surface area (Å²) in [5, 5.41) is 0. The smallest absolute Gasteiger partial charge is 0.408 e. The monoisotopic (exact) mass is 372 g/mol. The fourth-order valence-electron chi connectivity index (χ4n) is 3.68. The van der Waals surface area contributed by atoms with Crippen LogP contribution in [0.25, 0.3) is 11.1 Å². The van der Waals surface area contributed by atoms with Gasteiger partial charge in [0.1, 0.15) is 11.6 Å². The molecule has 5 nitrogen and oxygen atoms in total. The Morgan fingerprint density at radius 3 is 2.41 bits per heavy atom. The van der Waals surface area contributed by atoms with E-state index >= 15 is 0 Å². The molecule has 27 heavy (non-hydrogen) atoms. The maximum Gasteiger partial charge on any atom is 0.420 e. The van der Waals surface area contributed by atoms with Gasteiger partial charge in [0.25, 0.3) is 5.91 Å². The highest BCUT2D eigenvalue weighted by Gasteiger charge is 2.27. The highest BCUT2D eigenvalue weighted by Crippen LogP contribution is 2.27. The summed E-state index contributed by atoms with van der Waals surface area (Å²) in [5.74, 6) is -2.38. The van der Waals surface area contributed by atoms with Gasteiger partial charge in [-0.3, -0.25) is 9.36 Å². The van der Waals surface area contributed by atoms with E-state index < -0.39 is 23.3 Å². The summed E-state index contributed by atoms with van der Waals surface area (Å²) in [6.07, 6.45) is 1.12. The largest absolute Gasteiger partial charge is 0.420 e. The van der Waals surface area contributed by atoms with Gasteiger partial charge in [-0.2, -0.15) is 0 Å². The molecule has 1 saturated heterocycles. The molecule has 1 aliphatic rings. The van der Waals surface area contributed by atoms with Crippen LogP contribution in [0.1, 0.15) is 34.8 Å². The zero-order valence-electron chi connectivity index (χ0n) is 14.7. The molecular weight excluding hydrogens is 354 g/mol. The van der Waals surface area contributed by atoms with Gasteiger partial charge in [-0.25, -0.2) is 13.6 Å². The molecule has 0 aliphatic carbocycles. The lowest BCUT2D eigenvalue weighted by Crippen LogP contribution is -2.40. The first-order valence-electron chi connectivity index (χ1n) is 8.79. The molecule has 0 N–H and O–H groups in total. The van der Waals surface area contributed by atoms with Crippen molar-refractivity contribution < 1.29 is 18.0 Å². The number of halogens is 2. The molecule has 3 aromatic rings. The number of amides is 1. The Balaban J connectivity index is 1.53. The number of hydrogen-bond donors (Lipinski definition) is 0. The Morgan fingerprint density at radius 2 is 1.74 bits per heavy atom. The van der Waals surface area contributed by atoms with Crippen LogP contribution in [0.4, 0.5) is 8.78 Å². The maximum absolute atomic E-state index is 13.4. The maximum atomic E-state index is 13.4. The van der Waals surface area contributed by atoms with Gasteiger partial charge in [-0.05, 0) is 49.6 Å². The quantitative estimate of drug-likeness (QED) is 0.690. The van der Waals surface area contributed by atoms with Crippen LogP contribution in [0, 0.1) is 18.6 Å². The van der Waals surface area contributed by atoms with E-state index in [4.69, 9.17) is 4.42 Å². The predicted octanol–water partition coefficient (Wildman–Crippen LogP) is 3.66. The third kappa shape index (κ3) is 3.25. The van der Waals surface area contributed by atoms with Crippen molar-refractivity contribution in [2.45, 2.75) is 25.8 Å². The second-order valence-corrected chi connectivity index (χ2v) is 6.89. The van der Waals surface area contributed by atoms with Gasteiger partial charge in [-0.15, -0.1) is 0 Å². The summed E-state index contributed by atoms with van der Waals surface area (Å²) in [5.41, 5.74) is 2.29. The zero-order chi connectivity index (χ0) is 19.1. The average Bonchev–Trinajstić information content (AvgIpc) is 2.95. The first-order valence-corrected chi connectivity index (χ1v) is 8.79. The summed E-state index contributed by atoms with van der Waals surface area (Å²) in [4.78, 5) is 26.4. The van der Waals surface area contributed by atoms with Gasteiger partial charge < -0.3 is 9.32 Å². The zero-order valence-corrected chi connectivity index (χ0v) is 14.7. The topological polar surface area (TPSA) is 55.5 Å². The molecule has 0 spiro atoms. The number of likely N-dealkylation sites (tertiary alicyclic amines) is 1. The number of aromatic nitrogens is 1. The van der Waals surface area contributed by atoms with Crippen molar-refractivity contribution in [3.05, 3.63) is 69.7 Å². The van der Waals surface area contributed by atoms with E-state index in [2.05, 4.69) is 0 Å². The summed E-state index contributed by atoms with van der Waals surface area (Å²) in [7, 11) is 0. The molecule has 0 unspecified atom stereocenters. The summed E-state index contributed by atoms with van der Waals surface area (Å²) in [6.45, 7) is 2.72.